The standard InChI is InChI=1S/C15H18BrFN4S/c16-13-2-1-11(7-14(13)17)9-20-3-5-21(6-4-20)10-12-8-19-15(18)22-12/h1-2,7-8H,3-6,9-10H2,(H2,18,19). The summed E-state index contributed by atoms with van der Waals surface area (Å²) in [5.74, 6) is -0.195. The number of nitrogens with zero attached hydrogens (tertiary/aromatic N) is 3. The van der Waals surface area contributed by atoms with Crippen molar-refractivity contribution in [3.8, 4) is 0 Å². The van der Waals surface area contributed by atoms with Crippen molar-refractivity contribution in [2.75, 3.05) is 31.9 Å². The number of hydrogen-bond donors (Lipinski definition) is 1. The molecule has 3 rings (SSSR count). The monoisotopic (exact) mass is 384 g/mol. The molecule has 0 aliphatic carbocycles. The largest absolute Gasteiger partial charge is 0.375 e. The van der Waals surface area contributed by atoms with E-state index < -0.39 is 0 Å². The van der Waals surface area contributed by atoms with Gasteiger partial charge in [0.2, 0.25) is 0 Å². The minimum atomic E-state index is -0.195. The number of thiazole rings is 1. The van der Waals surface area contributed by atoms with Gasteiger partial charge in [-0.3, -0.25) is 9.80 Å². The van der Waals surface area contributed by atoms with Crippen LogP contribution in [0, 0.1) is 5.82 Å². The van der Waals surface area contributed by atoms with Crippen LogP contribution in [0.25, 0.3) is 0 Å². The Morgan fingerprint density at radius 1 is 1.18 bits per heavy atom. The van der Waals surface area contributed by atoms with E-state index in [2.05, 4.69) is 30.7 Å². The average Bonchev–Trinajstić information content (AvgIpc) is 2.90. The summed E-state index contributed by atoms with van der Waals surface area (Å²) >= 11 is 4.74. The fourth-order valence-corrected chi connectivity index (χ4v) is 3.59. The van der Waals surface area contributed by atoms with Crippen molar-refractivity contribution in [1.82, 2.24) is 14.8 Å². The van der Waals surface area contributed by atoms with Gasteiger partial charge in [0.15, 0.2) is 5.13 Å². The van der Waals surface area contributed by atoms with Crippen LogP contribution in [0.3, 0.4) is 0 Å². The number of nitrogens with two attached hydrogens (primary N) is 1. The van der Waals surface area contributed by atoms with Crippen LogP contribution in [0.15, 0.2) is 28.9 Å². The third-order valence-electron chi connectivity index (χ3n) is 3.81. The molecule has 7 heteroatoms. The molecular formula is C15H18BrFN4S. The molecule has 0 bridgehead atoms. The number of halogens is 2. The van der Waals surface area contributed by atoms with Crippen LogP contribution in [0.5, 0.6) is 0 Å². The lowest BCUT2D eigenvalue weighted by Crippen LogP contribution is -2.45. The Morgan fingerprint density at radius 3 is 2.45 bits per heavy atom. The Morgan fingerprint density at radius 2 is 1.86 bits per heavy atom. The van der Waals surface area contributed by atoms with Crippen molar-refractivity contribution in [2.24, 2.45) is 0 Å². The highest BCUT2D eigenvalue weighted by atomic mass is 79.9. The molecule has 0 amide bonds. The predicted molar refractivity (Wildman–Crippen MR) is 91.2 cm³/mol. The second-order valence-electron chi connectivity index (χ2n) is 5.47. The summed E-state index contributed by atoms with van der Waals surface area (Å²) in [6, 6.07) is 5.35. The van der Waals surface area contributed by atoms with Crippen molar-refractivity contribution < 1.29 is 4.39 Å². The molecule has 118 valence electrons. The molecule has 4 nitrogen and oxygen atoms in total. The zero-order chi connectivity index (χ0) is 15.5. The molecule has 2 heterocycles. The fraction of sp³-hybridized carbons (Fsp3) is 0.400. The van der Waals surface area contributed by atoms with Gasteiger partial charge in [-0.1, -0.05) is 6.07 Å². The minimum Gasteiger partial charge on any atom is -0.375 e. The van der Waals surface area contributed by atoms with Crippen molar-refractivity contribution in [3.05, 3.63) is 45.1 Å². The summed E-state index contributed by atoms with van der Waals surface area (Å²) < 4.78 is 14.1. The van der Waals surface area contributed by atoms with Crippen LogP contribution in [-0.2, 0) is 13.1 Å². The maximum atomic E-state index is 13.6. The van der Waals surface area contributed by atoms with Crippen molar-refractivity contribution in [3.63, 3.8) is 0 Å². The topological polar surface area (TPSA) is 45.4 Å². The number of rotatable bonds is 4. The molecule has 1 saturated heterocycles. The van der Waals surface area contributed by atoms with Gasteiger partial charge in [0.05, 0.1) is 4.47 Å². The number of hydrogen-bond acceptors (Lipinski definition) is 5. The maximum Gasteiger partial charge on any atom is 0.180 e. The summed E-state index contributed by atoms with van der Waals surface area (Å²) in [5.41, 5.74) is 6.68. The predicted octanol–water partition coefficient (Wildman–Crippen LogP) is 2.94. The van der Waals surface area contributed by atoms with Gasteiger partial charge in [-0.25, -0.2) is 9.37 Å². The molecule has 0 saturated carbocycles. The first-order valence-corrected chi connectivity index (χ1v) is 8.80. The Balaban J connectivity index is 1.50. The zero-order valence-electron chi connectivity index (χ0n) is 12.1. The molecule has 1 aromatic carbocycles. The molecule has 0 spiro atoms. The van der Waals surface area contributed by atoms with Gasteiger partial charge in [-0.2, -0.15) is 0 Å². The molecule has 1 aliphatic heterocycles. The van der Waals surface area contributed by atoms with E-state index in [0.717, 1.165) is 44.8 Å². The second kappa shape index (κ2) is 7.04. The van der Waals surface area contributed by atoms with Crippen LogP contribution >= 0.6 is 27.3 Å². The molecule has 0 radical (unpaired) electrons. The van der Waals surface area contributed by atoms with Gasteiger partial charge in [-0.05, 0) is 33.6 Å². The molecule has 1 fully saturated rings. The molecule has 0 atom stereocenters. The lowest BCUT2D eigenvalue weighted by Gasteiger charge is -2.34. The minimum absolute atomic E-state index is 0.195. The molecule has 0 unspecified atom stereocenters. The van der Waals surface area contributed by atoms with E-state index in [-0.39, 0.29) is 5.82 Å². The van der Waals surface area contributed by atoms with E-state index in [0.29, 0.717) is 9.60 Å². The first-order valence-electron chi connectivity index (χ1n) is 7.19. The van der Waals surface area contributed by atoms with E-state index in [1.807, 2.05) is 12.3 Å². The summed E-state index contributed by atoms with van der Waals surface area (Å²) in [6.45, 7) is 5.72. The third kappa shape index (κ3) is 4.04. The summed E-state index contributed by atoms with van der Waals surface area (Å²) in [4.78, 5) is 10.1. The number of benzene rings is 1. The van der Waals surface area contributed by atoms with E-state index in [1.165, 1.54) is 4.88 Å². The smallest absolute Gasteiger partial charge is 0.180 e. The lowest BCUT2D eigenvalue weighted by atomic mass is 10.2. The van der Waals surface area contributed by atoms with Gasteiger partial charge >= 0.3 is 0 Å². The molecule has 22 heavy (non-hydrogen) atoms. The summed E-state index contributed by atoms with van der Waals surface area (Å²) in [7, 11) is 0. The van der Waals surface area contributed by atoms with Crippen molar-refractivity contribution in [2.45, 2.75) is 13.1 Å². The van der Waals surface area contributed by atoms with Crippen molar-refractivity contribution >= 4 is 32.4 Å². The van der Waals surface area contributed by atoms with E-state index in [4.69, 9.17) is 5.73 Å². The summed E-state index contributed by atoms with van der Waals surface area (Å²) in [5, 5.41) is 0.630. The molecule has 2 N–H and O–H groups in total. The van der Waals surface area contributed by atoms with Gasteiger partial charge in [0, 0.05) is 50.3 Å². The molecular weight excluding hydrogens is 367 g/mol. The third-order valence-corrected chi connectivity index (χ3v) is 5.26. The SMILES string of the molecule is Nc1ncc(CN2CCN(Cc3ccc(Br)c(F)c3)CC2)s1. The second-order valence-corrected chi connectivity index (χ2v) is 7.47. The first-order chi connectivity index (χ1) is 10.6. The van der Waals surface area contributed by atoms with Gasteiger partial charge in [0.25, 0.3) is 0 Å². The number of piperazine rings is 1. The van der Waals surface area contributed by atoms with Gasteiger partial charge in [0.1, 0.15) is 5.82 Å². The van der Waals surface area contributed by atoms with Crippen LogP contribution in [0.4, 0.5) is 9.52 Å². The van der Waals surface area contributed by atoms with Crippen molar-refractivity contribution in [1.29, 1.82) is 0 Å². The van der Waals surface area contributed by atoms with E-state index in [1.54, 1.807) is 23.5 Å². The number of anilines is 1. The fourth-order valence-electron chi connectivity index (χ4n) is 2.62. The maximum absolute atomic E-state index is 13.6. The molecule has 2 aromatic rings. The van der Waals surface area contributed by atoms with E-state index in [9.17, 15) is 4.39 Å². The van der Waals surface area contributed by atoms with Crippen LogP contribution in [0.2, 0.25) is 0 Å². The van der Waals surface area contributed by atoms with Gasteiger partial charge < -0.3 is 5.73 Å². The lowest BCUT2D eigenvalue weighted by molar-refractivity contribution is 0.122. The summed E-state index contributed by atoms with van der Waals surface area (Å²) in [6.07, 6.45) is 1.86. The highest BCUT2D eigenvalue weighted by Crippen LogP contribution is 2.19. The van der Waals surface area contributed by atoms with Crippen LogP contribution < -0.4 is 5.73 Å². The first kappa shape index (κ1) is 15.9. The quantitative estimate of drug-likeness (QED) is 0.879. The average molecular weight is 385 g/mol. The van der Waals surface area contributed by atoms with Crippen LogP contribution in [-0.4, -0.2) is 41.0 Å². The Labute approximate surface area is 141 Å². The Hall–Kier alpha value is -1.02. The number of aromatic nitrogens is 1. The normalized spacial score (nSPS) is 17.0. The number of nitrogen functional groups attached to an aromatic ring is 1. The molecule has 1 aromatic heterocycles. The van der Waals surface area contributed by atoms with Gasteiger partial charge in [-0.15, -0.1) is 11.3 Å². The van der Waals surface area contributed by atoms with E-state index >= 15 is 0 Å². The Kier molecular flexibility index (Phi) is 5.07. The highest BCUT2D eigenvalue weighted by molar-refractivity contribution is 9.10. The van der Waals surface area contributed by atoms with Crippen LogP contribution in [0.1, 0.15) is 10.4 Å². The Bertz CT molecular complexity index is 640. The molecule has 1 aliphatic rings. The highest BCUT2D eigenvalue weighted by Gasteiger charge is 2.18. The zero-order valence-corrected chi connectivity index (χ0v) is 14.5.